The zero-order valence-electron chi connectivity index (χ0n) is 23.5. The molecule has 9 nitrogen and oxygen atoms in total. The molecule has 0 unspecified atom stereocenters. The van der Waals surface area contributed by atoms with Gasteiger partial charge in [-0.1, -0.05) is 30.3 Å². The summed E-state index contributed by atoms with van der Waals surface area (Å²) < 4.78 is 53.3. The molecular formula is C30H35F3N6O3. The molecule has 42 heavy (non-hydrogen) atoms. The van der Waals surface area contributed by atoms with Gasteiger partial charge in [0.2, 0.25) is 5.95 Å². The molecule has 6 rings (SSSR count). The zero-order valence-corrected chi connectivity index (χ0v) is 23.5. The van der Waals surface area contributed by atoms with Gasteiger partial charge in [0.25, 0.3) is 0 Å². The fourth-order valence-electron chi connectivity index (χ4n) is 6.02. The number of methoxy groups -OCH3 is 1. The molecule has 1 aromatic heterocycles. The predicted octanol–water partition coefficient (Wildman–Crippen LogP) is 5.43. The third kappa shape index (κ3) is 6.11. The standard InChI is InChI=1S/C30H35F3N6O3/c1-40-27-19-22(7-8-26(27)38-12-9-23(10-13-38)37-14-17-41-18-15-37)35-29-34-20-24(30(31,32)33)28(36-29)39-25(11-16-42-39)21-5-3-2-4-6-21/h2-8,19-20,23,25H,9-18H2,1H3,(H,34,35,36)/t25-/m0/s1. The monoisotopic (exact) mass is 584 g/mol. The quantitative estimate of drug-likeness (QED) is 0.391. The Labute approximate surface area is 243 Å². The highest BCUT2D eigenvalue weighted by Gasteiger charge is 2.40. The number of nitrogens with zero attached hydrogens (tertiary/aromatic N) is 5. The second-order valence-corrected chi connectivity index (χ2v) is 10.7. The van der Waals surface area contributed by atoms with E-state index in [4.69, 9.17) is 14.3 Å². The van der Waals surface area contributed by atoms with Crippen LogP contribution in [-0.2, 0) is 15.8 Å². The summed E-state index contributed by atoms with van der Waals surface area (Å²) in [6, 6.07) is 15.1. The predicted molar refractivity (Wildman–Crippen MR) is 153 cm³/mol. The molecule has 3 aromatic rings. The van der Waals surface area contributed by atoms with Crippen molar-refractivity contribution in [2.45, 2.75) is 37.5 Å². The lowest BCUT2D eigenvalue weighted by Gasteiger charge is -2.41. The number of anilines is 4. The Morgan fingerprint density at radius 2 is 1.71 bits per heavy atom. The lowest BCUT2D eigenvalue weighted by molar-refractivity contribution is -0.138. The average Bonchev–Trinajstić information content (AvgIpc) is 3.52. The maximum Gasteiger partial charge on any atom is 0.421 e. The SMILES string of the molecule is COc1cc(Nc2ncc(C(F)(F)F)c(N3OCC[C@H]3c3ccccc3)n2)ccc1N1CCC(N2CCOCC2)CC1. The van der Waals surface area contributed by atoms with Crippen molar-refractivity contribution in [3.63, 3.8) is 0 Å². The lowest BCUT2D eigenvalue weighted by Crippen LogP contribution is -2.49. The van der Waals surface area contributed by atoms with E-state index in [2.05, 4.69) is 25.1 Å². The summed E-state index contributed by atoms with van der Waals surface area (Å²) >= 11 is 0. The van der Waals surface area contributed by atoms with Gasteiger partial charge in [-0.05, 0) is 30.5 Å². The molecule has 0 spiro atoms. The van der Waals surface area contributed by atoms with Crippen molar-refractivity contribution in [2.75, 3.05) is 68.4 Å². The maximum atomic E-state index is 14.0. The van der Waals surface area contributed by atoms with E-state index >= 15 is 0 Å². The number of morpholine rings is 1. The minimum absolute atomic E-state index is 0.0291. The molecule has 0 aliphatic carbocycles. The molecule has 0 saturated carbocycles. The van der Waals surface area contributed by atoms with Gasteiger partial charge >= 0.3 is 6.18 Å². The highest BCUT2D eigenvalue weighted by Crippen LogP contribution is 2.42. The van der Waals surface area contributed by atoms with E-state index in [1.54, 1.807) is 7.11 Å². The van der Waals surface area contributed by atoms with Crippen LogP contribution in [0.25, 0.3) is 0 Å². The molecule has 1 N–H and O–H groups in total. The Kier molecular flexibility index (Phi) is 8.36. The van der Waals surface area contributed by atoms with Crippen molar-refractivity contribution in [1.82, 2.24) is 14.9 Å². The van der Waals surface area contributed by atoms with Crippen LogP contribution in [-0.4, -0.2) is 74.0 Å². The molecule has 3 aliphatic rings. The van der Waals surface area contributed by atoms with Crippen molar-refractivity contribution in [1.29, 1.82) is 0 Å². The second kappa shape index (κ2) is 12.3. The van der Waals surface area contributed by atoms with E-state index in [-0.39, 0.29) is 18.4 Å². The minimum atomic E-state index is -4.65. The fraction of sp³-hybridized carbons (Fsp3) is 0.467. The van der Waals surface area contributed by atoms with E-state index in [1.807, 2.05) is 48.5 Å². The topological polar surface area (TPSA) is 75.2 Å². The van der Waals surface area contributed by atoms with Gasteiger partial charge in [-0.2, -0.15) is 18.2 Å². The maximum absolute atomic E-state index is 14.0. The largest absolute Gasteiger partial charge is 0.495 e. The summed E-state index contributed by atoms with van der Waals surface area (Å²) in [5.41, 5.74) is 1.48. The van der Waals surface area contributed by atoms with Crippen LogP contribution >= 0.6 is 0 Å². The molecule has 4 heterocycles. The summed E-state index contributed by atoms with van der Waals surface area (Å²) in [7, 11) is 1.62. The van der Waals surface area contributed by atoms with Crippen molar-refractivity contribution in [3.8, 4) is 5.75 Å². The average molecular weight is 585 g/mol. The molecule has 3 aliphatic heterocycles. The van der Waals surface area contributed by atoms with Crippen molar-refractivity contribution in [3.05, 3.63) is 65.9 Å². The number of benzene rings is 2. The molecule has 0 radical (unpaired) electrons. The Bertz CT molecular complexity index is 1350. The number of alkyl halides is 3. The number of halogens is 3. The highest BCUT2D eigenvalue weighted by atomic mass is 19.4. The van der Waals surface area contributed by atoms with Crippen LogP contribution in [0, 0.1) is 0 Å². The number of hydrogen-bond acceptors (Lipinski definition) is 9. The number of nitrogens with one attached hydrogen (secondary N) is 1. The van der Waals surface area contributed by atoms with E-state index in [0.717, 1.165) is 69.7 Å². The molecule has 224 valence electrons. The van der Waals surface area contributed by atoms with Crippen molar-refractivity contribution >= 4 is 23.1 Å². The molecular weight excluding hydrogens is 549 g/mol. The molecule has 2 aromatic carbocycles. The van der Waals surface area contributed by atoms with Crippen LogP contribution in [0.3, 0.4) is 0 Å². The number of hydroxylamine groups is 1. The normalized spacial score (nSPS) is 20.6. The summed E-state index contributed by atoms with van der Waals surface area (Å²) in [5, 5.41) is 4.33. The smallest absolute Gasteiger partial charge is 0.421 e. The van der Waals surface area contributed by atoms with E-state index < -0.39 is 17.8 Å². The van der Waals surface area contributed by atoms with Crippen molar-refractivity contribution in [2.24, 2.45) is 0 Å². The lowest BCUT2D eigenvalue weighted by atomic mass is 10.0. The Morgan fingerprint density at radius 3 is 2.43 bits per heavy atom. The molecule has 0 amide bonds. The van der Waals surface area contributed by atoms with Crippen LogP contribution in [0.15, 0.2) is 54.7 Å². The van der Waals surface area contributed by atoms with Gasteiger partial charge in [0.1, 0.15) is 11.3 Å². The van der Waals surface area contributed by atoms with Gasteiger partial charge in [-0.25, -0.2) is 10.0 Å². The molecule has 0 bridgehead atoms. The van der Waals surface area contributed by atoms with Gasteiger partial charge in [0.05, 0.1) is 38.7 Å². The number of ether oxygens (including phenoxy) is 2. The summed E-state index contributed by atoms with van der Waals surface area (Å²) in [6.45, 7) is 5.67. The first-order valence-corrected chi connectivity index (χ1v) is 14.3. The van der Waals surface area contributed by atoms with Gasteiger partial charge in [0.15, 0.2) is 5.82 Å². The Hall–Kier alpha value is -3.61. The number of piperidine rings is 1. The number of aromatic nitrogens is 2. The Balaban J connectivity index is 1.20. The third-order valence-corrected chi connectivity index (χ3v) is 8.17. The summed E-state index contributed by atoms with van der Waals surface area (Å²) in [6.07, 6.45) is -1.18. The minimum Gasteiger partial charge on any atom is -0.495 e. The first-order valence-electron chi connectivity index (χ1n) is 14.3. The van der Waals surface area contributed by atoms with E-state index in [9.17, 15) is 13.2 Å². The number of hydrogen-bond donors (Lipinski definition) is 1. The van der Waals surface area contributed by atoms with Crippen LogP contribution < -0.4 is 20.0 Å². The fourth-order valence-corrected chi connectivity index (χ4v) is 6.02. The summed E-state index contributed by atoms with van der Waals surface area (Å²) in [5.74, 6) is 0.378. The van der Waals surface area contributed by atoms with Crippen molar-refractivity contribution < 1.29 is 27.5 Å². The summed E-state index contributed by atoms with van der Waals surface area (Å²) in [4.78, 5) is 18.8. The van der Waals surface area contributed by atoms with Gasteiger partial charge in [0, 0.05) is 56.6 Å². The molecule has 1 atom stereocenters. The zero-order chi connectivity index (χ0) is 29.1. The van der Waals surface area contributed by atoms with Gasteiger partial charge < -0.3 is 19.7 Å². The van der Waals surface area contributed by atoms with Gasteiger partial charge in [-0.15, -0.1) is 0 Å². The number of rotatable bonds is 7. The third-order valence-electron chi connectivity index (χ3n) is 8.17. The molecule has 12 heteroatoms. The van der Waals surface area contributed by atoms with E-state index in [0.29, 0.717) is 23.9 Å². The van der Waals surface area contributed by atoms with Crippen LogP contribution in [0.1, 0.15) is 36.4 Å². The van der Waals surface area contributed by atoms with E-state index in [1.165, 1.54) is 5.06 Å². The molecule has 3 saturated heterocycles. The first kappa shape index (κ1) is 28.5. The highest BCUT2D eigenvalue weighted by molar-refractivity contribution is 5.68. The van der Waals surface area contributed by atoms with Crippen LogP contribution in [0.5, 0.6) is 5.75 Å². The van der Waals surface area contributed by atoms with Gasteiger partial charge in [-0.3, -0.25) is 9.74 Å². The van der Waals surface area contributed by atoms with Crippen LogP contribution in [0.2, 0.25) is 0 Å². The second-order valence-electron chi connectivity index (χ2n) is 10.7. The Morgan fingerprint density at radius 1 is 0.952 bits per heavy atom. The molecule has 3 fully saturated rings. The first-order chi connectivity index (χ1) is 20.4. The van der Waals surface area contributed by atoms with Crippen LogP contribution in [0.4, 0.5) is 36.3 Å².